The van der Waals surface area contributed by atoms with E-state index >= 15 is 0 Å². The number of esters is 3. The summed E-state index contributed by atoms with van der Waals surface area (Å²) in [5.74, 6) is -2.31. The van der Waals surface area contributed by atoms with Crippen LogP contribution in [0.4, 0.5) is 0 Å². The lowest BCUT2D eigenvalue weighted by molar-refractivity contribution is 0.0657. The Hall–Kier alpha value is -4.71. The summed E-state index contributed by atoms with van der Waals surface area (Å²) >= 11 is 0. The molecule has 4 aromatic carbocycles. The lowest BCUT2D eigenvalue weighted by atomic mass is 10.2. The third-order valence-electron chi connectivity index (χ3n) is 4.57. The van der Waals surface area contributed by atoms with Crippen molar-refractivity contribution in [2.75, 3.05) is 0 Å². The van der Waals surface area contributed by atoms with Gasteiger partial charge in [0.05, 0.1) is 16.7 Å². The first-order valence-corrected chi connectivity index (χ1v) is 10.1. The molecule has 33 heavy (non-hydrogen) atoms. The van der Waals surface area contributed by atoms with E-state index in [1.807, 2.05) is 0 Å². The van der Waals surface area contributed by atoms with Gasteiger partial charge >= 0.3 is 17.9 Å². The molecule has 0 spiro atoms. The Labute approximate surface area is 190 Å². The van der Waals surface area contributed by atoms with Crippen molar-refractivity contribution in [3.8, 4) is 17.2 Å². The van der Waals surface area contributed by atoms with E-state index in [9.17, 15) is 14.4 Å². The van der Waals surface area contributed by atoms with E-state index in [4.69, 9.17) is 14.2 Å². The van der Waals surface area contributed by atoms with Crippen molar-refractivity contribution in [2.24, 2.45) is 0 Å². The molecule has 0 saturated carbocycles. The second kappa shape index (κ2) is 10.1. The van der Waals surface area contributed by atoms with Gasteiger partial charge in [-0.15, -0.1) is 0 Å². The topological polar surface area (TPSA) is 78.9 Å². The molecule has 0 heterocycles. The first-order valence-electron chi connectivity index (χ1n) is 10.1. The summed E-state index contributed by atoms with van der Waals surface area (Å²) in [5.41, 5.74) is 0.899. The molecule has 0 aliphatic rings. The second-order valence-corrected chi connectivity index (χ2v) is 6.85. The van der Waals surface area contributed by atoms with Gasteiger partial charge in [-0.05, 0) is 48.5 Å². The third kappa shape index (κ3) is 5.32. The van der Waals surface area contributed by atoms with Crippen LogP contribution >= 0.6 is 0 Å². The highest BCUT2D eigenvalue weighted by Crippen LogP contribution is 2.38. The van der Waals surface area contributed by atoms with Gasteiger partial charge in [-0.1, -0.05) is 60.7 Å². The largest absolute Gasteiger partial charge is 0.419 e. The zero-order valence-electron chi connectivity index (χ0n) is 17.3. The predicted molar refractivity (Wildman–Crippen MR) is 121 cm³/mol. The molecular weight excluding hydrogens is 420 g/mol. The predicted octanol–water partition coefficient (Wildman–Crippen LogP) is 5.34. The van der Waals surface area contributed by atoms with Crippen molar-refractivity contribution >= 4 is 17.9 Å². The van der Waals surface area contributed by atoms with Crippen LogP contribution in [0.15, 0.2) is 109 Å². The smallest absolute Gasteiger partial charge is 0.343 e. The van der Waals surface area contributed by atoms with Crippen LogP contribution in [0.25, 0.3) is 0 Å². The molecule has 0 amide bonds. The molecule has 6 nitrogen and oxygen atoms in total. The van der Waals surface area contributed by atoms with Crippen LogP contribution in [-0.4, -0.2) is 17.9 Å². The Bertz CT molecular complexity index is 1200. The highest BCUT2D eigenvalue weighted by atomic mass is 16.6. The second-order valence-electron chi connectivity index (χ2n) is 6.85. The van der Waals surface area contributed by atoms with Gasteiger partial charge in [-0.25, -0.2) is 14.4 Å². The number of ether oxygens (including phenoxy) is 3. The van der Waals surface area contributed by atoms with E-state index in [-0.39, 0.29) is 22.8 Å². The molecule has 6 heteroatoms. The molecule has 0 unspecified atom stereocenters. The van der Waals surface area contributed by atoms with Gasteiger partial charge in [0.25, 0.3) is 0 Å². The van der Waals surface area contributed by atoms with E-state index in [2.05, 4.69) is 0 Å². The quantitative estimate of drug-likeness (QED) is 0.299. The van der Waals surface area contributed by atoms with Gasteiger partial charge in [-0.2, -0.15) is 0 Å². The number of hydrogen-bond acceptors (Lipinski definition) is 6. The Morgan fingerprint density at radius 3 is 1.09 bits per heavy atom. The van der Waals surface area contributed by atoms with Crippen LogP contribution in [0.3, 0.4) is 0 Å². The normalized spacial score (nSPS) is 10.2. The van der Waals surface area contributed by atoms with Crippen molar-refractivity contribution in [2.45, 2.75) is 0 Å². The van der Waals surface area contributed by atoms with Crippen molar-refractivity contribution in [3.05, 3.63) is 126 Å². The minimum absolute atomic E-state index is 0.0634. The molecule has 0 bridgehead atoms. The summed E-state index contributed by atoms with van der Waals surface area (Å²) in [7, 11) is 0. The van der Waals surface area contributed by atoms with Crippen LogP contribution in [-0.2, 0) is 0 Å². The molecule has 0 N–H and O–H groups in total. The Morgan fingerprint density at radius 2 is 0.727 bits per heavy atom. The maximum Gasteiger partial charge on any atom is 0.343 e. The summed E-state index contributed by atoms with van der Waals surface area (Å²) in [5, 5.41) is 0. The monoisotopic (exact) mass is 438 g/mol. The summed E-state index contributed by atoms with van der Waals surface area (Å²) in [4.78, 5) is 37.9. The van der Waals surface area contributed by atoms with Crippen LogP contribution in [0, 0.1) is 0 Å². The minimum atomic E-state index is -0.698. The minimum Gasteiger partial charge on any atom is -0.419 e. The Balaban J connectivity index is 1.67. The van der Waals surface area contributed by atoms with Gasteiger partial charge in [0.2, 0.25) is 5.75 Å². The van der Waals surface area contributed by atoms with Gasteiger partial charge in [0.15, 0.2) is 11.5 Å². The zero-order chi connectivity index (χ0) is 23.0. The lowest BCUT2D eigenvalue weighted by Crippen LogP contribution is -2.15. The van der Waals surface area contributed by atoms with Crippen molar-refractivity contribution in [3.63, 3.8) is 0 Å². The fraction of sp³-hybridized carbons (Fsp3) is 0. The van der Waals surface area contributed by atoms with Crippen LogP contribution in [0.2, 0.25) is 0 Å². The van der Waals surface area contributed by atoms with Crippen LogP contribution < -0.4 is 14.2 Å². The number of rotatable bonds is 6. The summed E-state index contributed by atoms with van der Waals surface area (Å²) < 4.78 is 16.5. The van der Waals surface area contributed by atoms with E-state index in [0.29, 0.717) is 11.1 Å². The highest BCUT2D eigenvalue weighted by molar-refractivity contribution is 5.95. The van der Waals surface area contributed by atoms with Crippen molar-refractivity contribution in [1.29, 1.82) is 0 Å². The first kappa shape index (κ1) is 21.5. The van der Waals surface area contributed by atoms with E-state index in [1.54, 1.807) is 91.0 Å². The molecule has 4 aromatic rings. The van der Waals surface area contributed by atoms with Crippen molar-refractivity contribution < 1.29 is 28.6 Å². The average Bonchev–Trinajstić information content (AvgIpc) is 2.87. The molecule has 162 valence electrons. The molecule has 0 aromatic heterocycles. The van der Waals surface area contributed by atoms with E-state index in [1.165, 1.54) is 18.2 Å². The number of carbonyl (C=O) groups is 3. The number of benzene rings is 4. The van der Waals surface area contributed by atoms with Crippen molar-refractivity contribution in [1.82, 2.24) is 0 Å². The third-order valence-corrected chi connectivity index (χ3v) is 4.57. The molecule has 0 fully saturated rings. The lowest BCUT2D eigenvalue weighted by Gasteiger charge is -2.14. The van der Waals surface area contributed by atoms with Crippen LogP contribution in [0.5, 0.6) is 17.2 Å². The van der Waals surface area contributed by atoms with Gasteiger partial charge in [0, 0.05) is 0 Å². The van der Waals surface area contributed by atoms with Gasteiger partial charge in [-0.3, -0.25) is 0 Å². The Kier molecular flexibility index (Phi) is 6.56. The molecule has 0 aliphatic carbocycles. The molecule has 4 rings (SSSR count). The van der Waals surface area contributed by atoms with Gasteiger partial charge < -0.3 is 14.2 Å². The van der Waals surface area contributed by atoms with Gasteiger partial charge in [0.1, 0.15) is 0 Å². The molecular formula is C27H18O6. The van der Waals surface area contributed by atoms with E-state index in [0.717, 1.165) is 0 Å². The Morgan fingerprint density at radius 1 is 0.394 bits per heavy atom. The maximum atomic E-state index is 12.7. The maximum absolute atomic E-state index is 12.7. The molecule has 0 saturated heterocycles. The standard InChI is InChI=1S/C27H18O6/c28-25(19-11-4-1-5-12-19)31-22-17-10-18-23(32-26(29)20-13-6-2-7-14-20)24(22)33-27(30)21-15-8-3-9-16-21/h1-18H. The summed E-state index contributed by atoms with van der Waals surface area (Å²) in [6, 6.07) is 29.5. The number of hydrogen-bond donors (Lipinski definition) is 0. The molecule has 0 atom stereocenters. The molecule has 0 aliphatic heterocycles. The number of para-hydroxylation sites is 1. The average molecular weight is 438 g/mol. The molecule has 0 radical (unpaired) electrons. The fourth-order valence-corrected chi connectivity index (χ4v) is 2.95. The number of carbonyl (C=O) groups excluding carboxylic acids is 3. The fourth-order valence-electron chi connectivity index (χ4n) is 2.95. The SMILES string of the molecule is O=C(Oc1cccc(OC(=O)c2ccccc2)c1OC(=O)c1ccccc1)c1ccccc1. The summed E-state index contributed by atoms with van der Waals surface area (Å²) in [6.07, 6.45) is 0. The highest BCUT2D eigenvalue weighted by Gasteiger charge is 2.22. The van der Waals surface area contributed by atoms with Crippen LogP contribution in [0.1, 0.15) is 31.1 Å². The first-order chi connectivity index (χ1) is 16.1. The zero-order valence-corrected chi connectivity index (χ0v) is 17.3. The summed E-state index contributed by atoms with van der Waals surface area (Å²) in [6.45, 7) is 0. The van der Waals surface area contributed by atoms with E-state index < -0.39 is 17.9 Å².